The second-order valence-corrected chi connectivity index (χ2v) is 3.34. The van der Waals surface area contributed by atoms with Gasteiger partial charge in [-0.1, -0.05) is 30.3 Å². The number of hydrogen-bond donors (Lipinski definition) is 3. The molecule has 0 saturated carbocycles. The molecule has 0 aliphatic carbocycles. The molecule has 0 unspecified atom stereocenters. The van der Waals surface area contributed by atoms with Crippen molar-refractivity contribution in [1.29, 1.82) is 0 Å². The molecule has 1 aromatic carbocycles. The number of guanidine groups is 1. The molecular formula is C11H16N4O. The van der Waals surface area contributed by atoms with Crippen molar-refractivity contribution in [2.75, 3.05) is 6.54 Å². The molecule has 0 fully saturated rings. The van der Waals surface area contributed by atoms with Gasteiger partial charge in [0.25, 0.3) is 0 Å². The van der Waals surface area contributed by atoms with E-state index in [9.17, 15) is 4.79 Å². The van der Waals surface area contributed by atoms with Crippen molar-refractivity contribution in [3.63, 3.8) is 0 Å². The number of hydrogen-bond acceptors (Lipinski definition) is 2. The maximum Gasteiger partial charge on any atom is 0.250 e. The van der Waals surface area contributed by atoms with E-state index >= 15 is 0 Å². The minimum absolute atomic E-state index is 0.187. The molecule has 0 bridgehead atoms. The Balaban J connectivity index is 2.18. The first-order valence-electron chi connectivity index (χ1n) is 5.05. The molecule has 86 valence electrons. The molecule has 0 aliphatic rings. The van der Waals surface area contributed by atoms with Crippen LogP contribution in [0.4, 0.5) is 0 Å². The van der Waals surface area contributed by atoms with Crippen molar-refractivity contribution in [2.24, 2.45) is 16.5 Å². The van der Waals surface area contributed by atoms with Gasteiger partial charge in [0, 0.05) is 19.5 Å². The zero-order valence-electron chi connectivity index (χ0n) is 9.02. The second kappa shape index (κ2) is 6.58. The Labute approximate surface area is 94.5 Å². The average molecular weight is 220 g/mol. The predicted molar refractivity (Wildman–Crippen MR) is 63.6 cm³/mol. The summed E-state index contributed by atoms with van der Waals surface area (Å²) in [4.78, 5) is 14.5. The molecule has 0 saturated heterocycles. The van der Waals surface area contributed by atoms with Gasteiger partial charge < -0.3 is 16.8 Å². The summed E-state index contributed by atoms with van der Waals surface area (Å²) in [6, 6.07) is 9.95. The van der Waals surface area contributed by atoms with Crippen LogP contribution in [0.2, 0.25) is 0 Å². The first-order valence-corrected chi connectivity index (χ1v) is 5.05. The van der Waals surface area contributed by atoms with Gasteiger partial charge in [0.1, 0.15) is 0 Å². The number of carbonyl (C=O) groups excluding carboxylic acids is 1. The maximum absolute atomic E-state index is 11.1. The van der Waals surface area contributed by atoms with E-state index in [0.29, 0.717) is 13.0 Å². The lowest BCUT2D eigenvalue weighted by atomic mass is 10.2. The normalized spacial score (nSPS) is 9.75. The number of benzene rings is 1. The van der Waals surface area contributed by atoms with Crippen LogP contribution in [0, 0.1) is 0 Å². The highest BCUT2D eigenvalue weighted by molar-refractivity contribution is 5.91. The van der Waals surface area contributed by atoms with Crippen LogP contribution >= 0.6 is 0 Å². The summed E-state index contributed by atoms with van der Waals surface area (Å²) in [6.07, 6.45) is 0.296. The Morgan fingerprint density at radius 2 is 1.94 bits per heavy atom. The van der Waals surface area contributed by atoms with E-state index in [1.54, 1.807) is 0 Å². The van der Waals surface area contributed by atoms with Crippen LogP contribution in [0.3, 0.4) is 0 Å². The van der Waals surface area contributed by atoms with Crippen molar-refractivity contribution >= 4 is 11.9 Å². The number of amides is 1. The second-order valence-electron chi connectivity index (χ2n) is 3.34. The van der Waals surface area contributed by atoms with Gasteiger partial charge in [0.15, 0.2) is 5.96 Å². The minimum atomic E-state index is -0.305. The fraction of sp³-hybridized carbons (Fsp3) is 0.273. The Kier molecular flexibility index (Phi) is 5.01. The van der Waals surface area contributed by atoms with E-state index in [2.05, 4.69) is 10.3 Å². The predicted octanol–water partition coefficient (Wildman–Crippen LogP) is -0.0337. The molecule has 5 N–H and O–H groups in total. The summed E-state index contributed by atoms with van der Waals surface area (Å²) in [5, 5.41) is 3.13. The number of aliphatic imine (C=N–C) groups is 1. The van der Waals surface area contributed by atoms with E-state index in [4.69, 9.17) is 11.5 Å². The fourth-order valence-electron chi connectivity index (χ4n) is 1.22. The minimum Gasteiger partial charge on any atom is -0.370 e. The molecule has 1 amide bonds. The lowest BCUT2D eigenvalue weighted by molar-refractivity contribution is -0.117. The summed E-state index contributed by atoms with van der Waals surface area (Å²) in [5.74, 6) is -0.492. The highest BCUT2D eigenvalue weighted by Crippen LogP contribution is 1.97. The topological polar surface area (TPSA) is 93.5 Å². The van der Waals surface area contributed by atoms with Gasteiger partial charge in [-0.2, -0.15) is 4.99 Å². The molecule has 0 aromatic heterocycles. The molecule has 0 aliphatic heterocycles. The van der Waals surface area contributed by atoms with Gasteiger partial charge in [0.05, 0.1) is 0 Å². The van der Waals surface area contributed by atoms with Crippen molar-refractivity contribution in [2.45, 2.75) is 13.0 Å². The third-order valence-corrected chi connectivity index (χ3v) is 1.94. The quantitative estimate of drug-likeness (QED) is 0.369. The number of carbonyl (C=O) groups is 1. The van der Waals surface area contributed by atoms with Crippen LogP contribution in [0.1, 0.15) is 12.0 Å². The molecule has 16 heavy (non-hydrogen) atoms. The third-order valence-electron chi connectivity index (χ3n) is 1.94. The molecule has 1 rings (SSSR count). The lowest BCUT2D eigenvalue weighted by Gasteiger charge is -2.02. The van der Waals surface area contributed by atoms with E-state index in [1.165, 1.54) is 5.56 Å². The Morgan fingerprint density at radius 3 is 2.56 bits per heavy atom. The van der Waals surface area contributed by atoms with Gasteiger partial charge in [-0.25, -0.2) is 0 Å². The Bertz CT molecular complexity index is 358. The largest absolute Gasteiger partial charge is 0.370 e. The van der Waals surface area contributed by atoms with E-state index in [1.807, 2.05) is 30.3 Å². The van der Waals surface area contributed by atoms with E-state index in [-0.39, 0.29) is 11.9 Å². The molecule has 0 radical (unpaired) electrons. The van der Waals surface area contributed by atoms with Gasteiger partial charge >= 0.3 is 0 Å². The standard InChI is InChI=1S/C11H16N4O/c12-11(13)15-10(16)6-7-14-8-9-4-2-1-3-5-9/h1-5,14H,6-8H2,(H4,12,13,15,16). The lowest BCUT2D eigenvalue weighted by Crippen LogP contribution is -2.25. The zero-order valence-corrected chi connectivity index (χ0v) is 9.02. The van der Waals surface area contributed by atoms with Crippen molar-refractivity contribution in [1.82, 2.24) is 5.32 Å². The fourth-order valence-corrected chi connectivity index (χ4v) is 1.22. The monoisotopic (exact) mass is 220 g/mol. The average Bonchev–Trinajstić information content (AvgIpc) is 2.25. The highest BCUT2D eigenvalue weighted by atomic mass is 16.1. The summed E-state index contributed by atoms with van der Waals surface area (Å²) in [5.41, 5.74) is 11.3. The summed E-state index contributed by atoms with van der Waals surface area (Å²) in [6.45, 7) is 1.29. The molecule has 1 aromatic rings. The molecule has 0 spiro atoms. The smallest absolute Gasteiger partial charge is 0.250 e. The Morgan fingerprint density at radius 1 is 1.25 bits per heavy atom. The van der Waals surface area contributed by atoms with Crippen LogP contribution < -0.4 is 16.8 Å². The van der Waals surface area contributed by atoms with E-state index < -0.39 is 0 Å². The van der Waals surface area contributed by atoms with Crippen molar-refractivity contribution < 1.29 is 4.79 Å². The van der Waals surface area contributed by atoms with E-state index in [0.717, 1.165) is 6.54 Å². The van der Waals surface area contributed by atoms with Gasteiger partial charge in [0.2, 0.25) is 5.91 Å². The van der Waals surface area contributed by atoms with Crippen LogP contribution in [0.5, 0.6) is 0 Å². The molecular weight excluding hydrogens is 204 g/mol. The van der Waals surface area contributed by atoms with Crippen LogP contribution in [0.25, 0.3) is 0 Å². The van der Waals surface area contributed by atoms with Crippen molar-refractivity contribution in [3.05, 3.63) is 35.9 Å². The molecule has 0 atom stereocenters. The summed E-state index contributed by atoms with van der Waals surface area (Å²) < 4.78 is 0. The molecule has 0 heterocycles. The Hall–Kier alpha value is -1.88. The first-order chi connectivity index (χ1) is 7.68. The SMILES string of the molecule is NC(N)=NC(=O)CCNCc1ccccc1. The van der Waals surface area contributed by atoms with Crippen LogP contribution in [-0.2, 0) is 11.3 Å². The number of nitrogens with one attached hydrogen (secondary N) is 1. The number of nitrogens with two attached hydrogens (primary N) is 2. The van der Waals surface area contributed by atoms with Crippen LogP contribution in [0.15, 0.2) is 35.3 Å². The summed E-state index contributed by atoms with van der Waals surface area (Å²) in [7, 11) is 0. The highest BCUT2D eigenvalue weighted by Gasteiger charge is 1.98. The van der Waals surface area contributed by atoms with Crippen molar-refractivity contribution in [3.8, 4) is 0 Å². The maximum atomic E-state index is 11.1. The van der Waals surface area contributed by atoms with Gasteiger partial charge in [-0.3, -0.25) is 4.79 Å². The molecule has 5 nitrogen and oxygen atoms in total. The number of nitrogens with zero attached hydrogens (tertiary/aromatic N) is 1. The first kappa shape index (κ1) is 12.2. The van der Waals surface area contributed by atoms with Gasteiger partial charge in [-0.15, -0.1) is 0 Å². The van der Waals surface area contributed by atoms with Gasteiger partial charge in [-0.05, 0) is 5.56 Å². The summed E-state index contributed by atoms with van der Waals surface area (Å²) >= 11 is 0. The number of rotatable bonds is 5. The van der Waals surface area contributed by atoms with Crippen LogP contribution in [-0.4, -0.2) is 18.4 Å². The zero-order chi connectivity index (χ0) is 11.8. The third kappa shape index (κ3) is 5.11. The molecule has 5 heteroatoms.